The lowest BCUT2D eigenvalue weighted by molar-refractivity contribution is -0.145. The molecule has 436 valence electrons. The van der Waals surface area contributed by atoms with E-state index < -0.39 is 24.0 Å². The zero-order valence-corrected chi connectivity index (χ0v) is 48.6. The van der Waals surface area contributed by atoms with E-state index in [0.29, 0.717) is 154 Å². The monoisotopic (exact) mass is 1180 g/mol. The van der Waals surface area contributed by atoms with Gasteiger partial charge < -0.3 is 57.4 Å². The van der Waals surface area contributed by atoms with Gasteiger partial charge in [-0.05, 0) is 105 Å². The average Bonchev–Trinajstić information content (AvgIpc) is 4.13. The summed E-state index contributed by atoms with van der Waals surface area (Å²) in [5.41, 5.74) is 4.44. The number of hydrogen-bond acceptors (Lipinski definition) is 18. The molecule has 22 heteroatoms. The van der Waals surface area contributed by atoms with Gasteiger partial charge in [0.1, 0.15) is 53.6 Å². The molecule has 4 bridgehead atoms. The standard InChI is InChI=1S/C59H71Cl2FN6O12S/c1-37-49-38(2)53(61)54(52(37)60)79-46(33-68-19-17-67(3)18-20-68)35-77-45-13-14-47(41(31-45)32-48(59(69)70)80-57-51-50(49)55(81-58(51)65-36-64-57)39-5-9-42(62)10-6-39)78-34-43-15-16-63-56(66-43)40-7-11-44(12-8-40)76-30-29-75-28-27-74-26-25-73-24-23-72-22-21-71-4/h5-6,9-10,13-16,31,36,40,44,46,48H,7-8,11-12,17-30,32-35H2,1-4H3,(H,69,70)/t40?,44?,46-,48-/m1/s1. The quantitative estimate of drug-likeness (QED) is 0.0564. The first-order valence-electron chi connectivity index (χ1n) is 27.5. The number of methoxy groups -OCH3 is 1. The molecule has 0 radical (unpaired) electrons. The average molecular weight is 1180 g/mol. The van der Waals surface area contributed by atoms with Crippen molar-refractivity contribution in [2.45, 2.75) is 76.8 Å². The molecule has 3 aliphatic heterocycles. The number of ether oxygens (including phenoxy) is 10. The molecule has 2 fully saturated rings. The van der Waals surface area contributed by atoms with Crippen LogP contribution in [0.2, 0.25) is 10.0 Å². The van der Waals surface area contributed by atoms with Crippen LogP contribution < -0.4 is 18.9 Å². The van der Waals surface area contributed by atoms with E-state index in [0.717, 1.165) is 57.7 Å². The van der Waals surface area contributed by atoms with Gasteiger partial charge in [0.05, 0.1) is 93.3 Å². The van der Waals surface area contributed by atoms with E-state index in [9.17, 15) is 14.3 Å². The number of likely N-dealkylation sites (N-methyl/N-ethyl adjacent to an activating group) is 1. The number of hydrogen-bond donors (Lipinski definition) is 1. The molecule has 2 atom stereocenters. The molecule has 1 saturated carbocycles. The van der Waals surface area contributed by atoms with Crippen molar-refractivity contribution >= 4 is 50.7 Å². The van der Waals surface area contributed by atoms with Gasteiger partial charge in [-0.1, -0.05) is 35.3 Å². The van der Waals surface area contributed by atoms with Crippen molar-refractivity contribution < 1.29 is 61.7 Å². The summed E-state index contributed by atoms with van der Waals surface area (Å²) >= 11 is 16.1. The van der Waals surface area contributed by atoms with Crippen LogP contribution >= 0.6 is 34.5 Å². The summed E-state index contributed by atoms with van der Waals surface area (Å²) in [5, 5.41) is 12.0. The maximum atomic E-state index is 14.5. The minimum Gasteiger partial charge on any atom is -0.490 e. The van der Waals surface area contributed by atoms with E-state index in [-0.39, 0.29) is 37.5 Å². The van der Waals surface area contributed by atoms with Crippen LogP contribution in [0.15, 0.2) is 61.1 Å². The maximum Gasteiger partial charge on any atom is 0.345 e. The van der Waals surface area contributed by atoms with E-state index in [1.807, 2.05) is 19.9 Å². The van der Waals surface area contributed by atoms with Crippen LogP contribution in [0.4, 0.5) is 4.39 Å². The Bertz CT molecular complexity index is 2990. The molecule has 18 nitrogen and oxygen atoms in total. The van der Waals surface area contributed by atoms with E-state index in [2.05, 4.69) is 31.8 Å². The summed E-state index contributed by atoms with van der Waals surface area (Å²) < 4.78 is 74.3. The zero-order chi connectivity index (χ0) is 56.7. The highest BCUT2D eigenvalue weighted by molar-refractivity contribution is 7.22. The highest BCUT2D eigenvalue weighted by Crippen LogP contribution is 2.53. The van der Waals surface area contributed by atoms with Crippen LogP contribution in [0.5, 0.6) is 23.1 Å². The molecule has 0 spiro atoms. The Balaban J connectivity index is 0.903. The Hall–Kier alpha value is -5.36. The van der Waals surface area contributed by atoms with E-state index in [4.69, 9.17) is 75.6 Å². The first kappa shape index (κ1) is 60.2. The summed E-state index contributed by atoms with van der Waals surface area (Å²) in [6.45, 7) is 13.0. The number of carboxylic acid groups (broad SMARTS) is 1. The van der Waals surface area contributed by atoms with Crippen LogP contribution in [-0.2, 0) is 46.2 Å². The number of piperazine rings is 1. The molecule has 4 aliphatic rings. The third-order valence-electron chi connectivity index (χ3n) is 14.6. The lowest BCUT2D eigenvalue weighted by Gasteiger charge is -2.35. The number of rotatable bonds is 24. The zero-order valence-electron chi connectivity index (χ0n) is 46.3. The topological polar surface area (TPSA) is 188 Å². The Labute approximate surface area is 486 Å². The summed E-state index contributed by atoms with van der Waals surface area (Å²) in [5.74, 6) is 0.485. The van der Waals surface area contributed by atoms with Gasteiger partial charge in [-0.25, -0.2) is 29.1 Å². The predicted molar refractivity (Wildman–Crippen MR) is 306 cm³/mol. The number of aliphatic carboxylic acids is 1. The molecular formula is C59H71Cl2FN6O12S. The first-order chi connectivity index (χ1) is 39.4. The van der Waals surface area contributed by atoms with Gasteiger partial charge in [0.25, 0.3) is 0 Å². The van der Waals surface area contributed by atoms with E-state index >= 15 is 0 Å². The maximum absolute atomic E-state index is 14.5. The van der Waals surface area contributed by atoms with Crippen LogP contribution in [0.25, 0.3) is 31.8 Å². The van der Waals surface area contributed by atoms with Crippen molar-refractivity contribution in [3.8, 4) is 44.7 Å². The molecule has 10 rings (SSSR count). The van der Waals surface area contributed by atoms with Gasteiger partial charge in [-0.15, -0.1) is 11.3 Å². The summed E-state index contributed by atoms with van der Waals surface area (Å²) in [4.78, 5) is 38.2. The number of halogens is 3. The minimum absolute atomic E-state index is 0.0278. The van der Waals surface area contributed by atoms with Gasteiger partial charge in [0, 0.05) is 74.4 Å². The van der Waals surface area contributed by atoms with Gasteiger partial charge in [-0.3, -0.25) is 4.90 Å². The molecule has 1 N–H and O–H groups in total. The molecule has 1 aliphatic carbocycles. The van der Waals surface area contributed by atoms with Gasteiger partial charge in [0.15, 0.2) is 5.75 Å². The predicted octanol–water partition coefficient (Wildman–Crippen LogP) is 9.67. The number of benzene rings is 3. The van der Waals surface area contributed by atoms with Crippen LogP contribution in [0.1, 0.15) is 59.8 Å². The smallest absolute Gasteiger partial charge is 0.345 e. The molecule has 1 saturated heterocycles. The van der Waals surface area contributed by atoms with Crippen molar-refractivity contribution in [3.05, 3.63) is 105 Å². The summed E-state index contributed by atoms with van der Waals surface area (Å²) in [6.07, 6.45) is 4.55. The summed E-state index contributed by atoms with van der Waals surface area (Å²) in [7, 11) is 3.75. The van der Waals surface area contributed by atoms with Crippen LogP contribution in [0.3, 0.4) is 0 Å². The molecule has 6 aromatic rings. The van der Waals surface area contributed by atoms with E-state index in [1.165, 1.54) is 29.8 Å². The third-order valence-corrected chi connectivity index (χ3v) is 16.7. The molecule has 3 aromatic heterocycles. The Morgan fingerprint density at radius 3 is 2.14 bits per heavy atom. The molecule has 0 amide bonds. The van der Waals surface area contributed by atoms with Crippen LogP contribution in [0, 0.1) is 19.7 Å². The van der Waals surface area contributed by atoms with Gasteiger partial charge in [0.2, 0.25) is 12.0 Å². The van der Waals surface area contributed by atoms with Crippen molar-refractivity contribution in [3.63, 3.8) is 0 Å². The molecule has 3 aromatic carbocycles. The Morgan fingerprint density at radius 2 is 1.47 bits per heavy atom. The number of carbonyl (C=O) groups is 1. The van der Waals surface area contributed by atoms with E-state index in [1.54, 1.807) is 43.6 Å². The lowest BCUT2D eigenvalue weighted by Crippen LogP contribution is -2.49. The highest BCUT2D eigenvalue weighted by Gasteiger charge is 2.33. The van der Waals surface area contributed by atoms with Crippen LogP contribution in [-0.4, -0.2) is 179 Å². The minimum atomic E-state index is -1.47. The fourth-order valence-electron chi connectivity index (χ4n) is 10.2. The fraction of sp³-hybridized carbons (Fsp3) is 0.508. The molecule has 0 unspecified atom stereocenters. The van der Waals surface area contributed by atoms with Crippen molar-refractivity contribution in [2.24, 2.45) is 0 Å². The largest absolute Gasteiger partial charge is 0.490 e. The first-order valence-corrected chi connectivity index (χ1v) is 29.1. The van der Waals surface area contributed by atoms with Gasteiger partial charge >= 0.3 is 5.97 Å². The third kappa shape index (κ3) is 16.1. The normalized spacial score (nSPS) is 19.0. The number of fused-ring (bicyclic) bond motifs is 7. The SMILES string of the molecule is COCCOCCOCCOCCOCCOC1CCC(c2nccc(COc3ccc4cc3C[C@H](C(=O)O)Oc3ncnc5sc(-c6ccc(F)cc6)c(c35)-c3c(C)c(Cl)c(c(Cl)c3C)O[C@H](CN3CCN(C)CC3)CO4)n2)CC1. The van der Waals surface area contributed by atoms with Gasteiger partial charge in [-0.2, -0.15) is 0 Å². The number of thiophene rings is 1. The Morgan fingerprint density at radius 1 is 0.802 bits per heavy atom. The second-order valence-corrected chi connectivity index (χ2v) is 22.1. The second kappa shape index (κ2) is 29.8. The summed E-state index contributed by atoms with van der Waals surface area (Å²) in [6, 6.07) is 13.3. The number of aromatic nitrogens is 4. The second-order valence-electron chi connectivity index (χ2n) is 20.3. The highest BCUT2D eigenvalue weighted by atomic mass is 35.5. The molecule has 81 heavy (non-hydrogen) atoms. The fourth-order valence-corrected chi connectivity index (χ4v) is 11.9. The number of carboxylic acids is 1. The Kier molecular flexibility index (Phi) is 22.1. The van der Waals surface area contributed by atoms with Crippen molar-refractivity contribution in [1.82, 2.24) is 29.7 Å². The molecule has 6 heterocycles. The molecular weight excluding hydrogens is 1110 g/mol. The number of nitrogens with zero attached hydrogens (tertiary/aromatic N) is 6. The van der Waals surface area contributed by atoms with Crippen molar-refractivity contribution in [1.29, 1.82) is 0 Å². The van der Waals surface area contributed by atoms with Crippen molar-refractivity contribution in [2.75, 3.05) is 120 Å². The lowest BCUT2D eigenvalue weighted by atomic mass is 9.87.